The highest BCUT2D eigenvalue weighted by Crippen LogP contribution is 2.30. The van der Waals surface area contributed by atoms with Crippen molar-refractivity contribution in [1.29, 1.82) is 0 Å². The molecule has 0 bridgehead atoms. The molecular weight excluding hydrogens is 306 g/mol. The summed E-state index contributed by atoms with van der Waals surface area (Å²) in [6.07, 6.45) is 1.80. The van der Waals surface area contributed by atoms with E-state index in [1.54, 1.807) is 17.0 Å². The Balaban J connectivity index is 1.71. The zero-order chi connectivity index (χ0) is 17.1. The number of aryl methyl sites for hydroxylation is 1. The fraction of sp³-hybridized carbons (Fsp3) is 0.263. The number of hydrogen-bond acceptors (Lipinski definition) is 4. The van der Waals surface area contributed by atoms with Crippen LogP contribution in [0.4, 0.5) is 5.69 Å². The summed E-state index contributed by atoms with van der Waals surface area (Å²) in [6, 6.07) is 13.9. The summed E-state index contributed by atoms with van der Waals surface area (Å²) in [4.78, 5) is 26.3. The average Bonchev–Trinajstić information content (AvgIpc) is 2.59. The Morgan fingerprint density at radius 1 is 1.17 bits per heavy atom. The van der Waals surface area contributed by atoms with Gasteiger partial charge in [-0.2, -0.15) is 0 Å². The predicted octanol–water partition coefficient (Wildman–Crippen LogP) is 2.92. The Bertz CT molecular complexity index is 771. The molecule has 1 unspecified atom stereocenters. The number of nitrogens with zero attached hydrogens (tertiary/aromatic N) is 1. The maximum Gasteiger partial charge on any atom is 0.342 e. The summed E-state index contributed by atoms with van der Waals surface area (Å²) >= 11 is 0. The molecule has 0 saturated heterocycles. The van der Waals surface area contributed by atoms with Gasteiger partial charge in [-0.25, -0.2) is 4.79 Å². The van der Waals surface area contributed by atoms with Gasteiger partial charge >= 0.3 is 5.97 Å². The largest absolute Gasteiger partial charge is 0.507 e. The average molecular weight is 325 g/mol. The summed E-state index contributed by atoms with van der Waals surface area (Å²) in [5.41, 5.74) is 2.05. The molecular formula is C19H19NO4. The fourth-order valence-corrected chi connectivity index (χ4v) is 2.99. The van der Waals surface area contributed by atoms with Gasteiger partial charge in [0.2, 0.25) is 0 Å². The van der Waals surface area contributed by atoms with E-state index in [0.717, 1.165) is 24.1 Å². The van der Waals surface area contributed by atoms with Crippen molar-refractivity contribution in [3.63, 3.8) is 0 Å². The van der Waals surface area contributed by atoms with E-state index >= 15 is 0 Å². The van der Waals surface area contributed by atoms with Gasteiger partial charge in [0, 0.05) is 11.7 Å². The van der Waals surface area contributed by atoms with Crippen molar-refractivity contribution in [2.75, 3.05) is 11.5 Å². The Morgan fingerprint density at radius 2 is 1.88 bits per heavy atom. The van der Waals surface area contributed by atoms with Crippen molar-refractivity contribution >= 4 is 17.6 Å². The minimum Gasteiger partial charge on any atom is -0.507 e. The number of fused-ring (bicyclic) bond motifs is 1. The third-order valence-electron chi connectivity index (χ3n) is 4.24. The van der Waals surface area contributed by atoms with Crippen LogP contribution in [0.15, 0.2) is 48.5 Å². The van der Waals surface area contributed by atoms with E-state index in [2.05, 4.69) is 0 Å². The molecule has 0 radical (unpaired) electrons. The first-order chi connectivity index (χ1) is 11.6. The number of carbonyl (C=O) groups is 2. The quantitative estimate of drug-likeness (QED) is 0.881. The molecule has 2 aromatic rings. The van der Waals surface area contributed by atoms with Crippen molar-refractivity contribution in [3.8, 4) is 5.75 Å². The van der Waals surface area contributed by atoms with Gasteiger partial charge in [-0.1, -0.05) is 30.3 Å². The Kier molecular flexibility index (Phi) is 4.51. The van der Waals surface area contributed by atoms with E-state index in [0.29, 0.717) is 0 Å². The van der Waals surface area contributed by atoms with Crippen molar-refractivity contribution in [2.45, 2.75) is 25.8 Å². The molecule has 1 aliphatic heterocycles. The Morgan fingerprint density at radius 3 is 2.67 bits per heavy atom. The van der Waals surface area contributed by atoms with Crippen LogP contribution in [0.5, 0.6) is 5.75 Å². The highest BCUT2D eigenvalue weighted by Gasteiger charge is 2.28. The molecule has 5 heteroatoms. The number of amides is 1. The van der Waals surface area contributed by atoms with E-state index in [4.69, 9.17) is 4.74 Å². The third-order valence-corrected chi connectivity index (χ3v) is 4.24. The highest BCUT2D eigenvalue weighted by atomic mass is 16.5. The number of carbonyl (C=O) groups excluding carboxylic acids is 2. The molecule has 0 aromatic heterocycles. The number of ether oxygens (including phenoxy) is 1. The molecule has 24 heavy (non-hydrogen) atoms. The van der Waals surface area contributed by atoms with Crippen LogP contribution in [0, 0.1) is 0 Å². The molecule has 1 amide bonds. The van der Waals surface area contributed by atoms with Crippen LogP contribution in [0.2, 0.25) is 0 Å². The van der Waals surface area contributed by atoms with Gasteiger partial charge in [0.25, 0.3) is 5.91 Å². The molecule has 3 rings (SSSR count). The summed E-state index contributed by atoms with van der Waals surface area (Å²) in [5, 5.41) is 9.67. The minimum atomic E-state index is -0.709. The van der Waals surface area contributed by atoms with Gasteiger partial charge in [-0.05, 0) is 43.5 Å². The van der Waals surface area contributed by atoms with Gasteiger partial charge < -0.3 is 14.7 Å². The van der Waals surface area contributed by atoms with Crippen molar-refractivity contribution in [1.82, 2.24) is 0 Å². The van der Waals surface area contributed by atoms with E-state index in [-0.39, 0.29) is 29.9 Å². The number of hydrogen-bond donors (Lipinski definition) is 1. The summed E-state index contributed by atoms with van der Waals surface area (Å²) < 4.78 is 5.10. The lowest BCUT2D eigenvalue weighted by molar-refractivity contribution is -0.122. The molecule has 1 aliphatic rings. The van der Waals surface area contributed by atoms with E-state index in [1.807, 2.05) is 31.2 Å². The molecule has 1 N–H and O–H groups in total. The number of anilines is 1. The molecule has 0 aliphatic carbocycles. The topological polar surface area (TPSA) is 66.8 Å². The highest BCUT2D eigenvalue weighted by molar-refractivity contribution is 5.99. The standard InChI is InChI=1S/C19H19NO4/c1-13-10-11-14-6-2-4-8-16(14)20(13)18(22)12-24-19(23)15-7-3-5-9-17(15)21/h2-9,13,21H,10-12H2,1H3. The van der Waals surface area contributed by atoms with Gasteiger partial charge in [0.1, 0.15) is 11.3 Å². The number of aromatic hydroxyl groups is 1. The lowest BCUT2D eigenvalue weighted by Gasteiger charge is -2.35. The predicted molar refractivity (Wildman–Crippen MR) is 90.1 cm³/mol. The van der Waals surface area contributed by atoms with E-state index in [1.165, 1.54) is 12.1 Å². The van der Waals surface area contributed by atoms with Crippen molar-refractivity contribution < 1.29 is 19.4 Å². The second-order valence-corrected chi connectivity index (χ2v) is 5.87. The number of phenolic OH excluding ortho intramolecular Hbond substituents is 1. The summed E-state index contributed by atoms with van der Waals surface area (Å²) in [6.45, 7) is 1.63. The zero-order valence-electron chi connectivity index (χ0n) is 13.4. The van der Waals surface area contributed by atoms with Crippen molar-refractivity contribution in [3.05, 3.63) is 59.7 Å². The first kappa shape index (κ1) is 16.1. The Hall–Kier alpha value is -2.82. The number of para-hydroxylation sites is 2. The second-order valence-electron chi connectivity index (χ2n) is 5.87. The van der Waals surface area contributed by atoms with E-state index in [9.17, 15) is 14.7 Å². The zero-order valence-corrected chi connectivity index (χ0v) is 13.4. The van der Waals surface area contributed by atoms with Crippen LogP contribution < -0.4 is 4.90 Å². The van der Waals surface area contributed by atoms with Gasteiger partial charge in [-0.15, -0.1) is 0 Å². The molecule has 1 atom stereocenters. The summed E-state index contributed by atoms with van der Waals surface area (Å²) in [5.74, 6) is -1.13. The van der Waals surface area contributed by atoms with Crippen LogP contribution in [-0.2, 0) is 16.0 Å². The van der Waals surface area contributed by atoms with Crippen LogP contribution in [-0.4, -0.2) is 29.6 Å². The smallest absolute Gasteiger partial charge is 0.342 e. The van der Waals surface area contributed by atoms with Crippen molar-refractivity contribution in [2.24, 2.45) is 0 Å². The molecule has 0 spiro atoms. The van der Waals surface area contributed by atoms with Crippen LogP contribution in [0.1, 0.15) is 29.3 Å². The lowest BCUT2D eigenvalue weighted by Crippen LogP contribution is -2.44. The number of benzene rings is 2. The first-order valence-electron chi connectivity index (χ1n) is 7.93. The normalized spacial score (nSPS) is 16.4. The van der Waals surface area contributed by atoms with Crippen LogP contribution >= 0.6 is 0 Å². The monoisotopic (exact) mass is 325 g/mol. The van der Waals surface area contributed by atoms with Crippen LogP contribution in [0.3, 0.4) is 0 Å². The molecule has 5 nitrogen and oxygen atoms in total. The number of phenols is 1. The van der Waals surface area contributed by atoms with E-state index < -0.39 is 5.97 Å². The van der Waals surface area contributed by atoms with Gasteiger partial charge in [0.05, 0.1) is 0 Å². The summed E-state index contributed by atoms with van der Waals surface area (Å²) in [7, 11) is 0. The van der Waals surface area contributed by atoms with Gasteiger partial charge in [0.15, 0.2) is 6.61 Å². The maximum atomic E-state index is 12.6. The number of rotatable bonds is 3. The second kappa shape index (κ2) is 6.74. The maximum absolute atomic E-state index is 12.6. The van der Waals surface area contributed by atoms with Crippen LogP contribution in [0.25, 0.3) is 0 Å². The molecule has 2 aromatic carbocycles. The molecule has 0 saturated carbocycles. The Labute approximate surface area is 140 Å². The number of esters is 1. The minimum absolute atomic E-state index is 0.0521. The SMILES string of the molecule is CC1CCc2ccccc2N1C(=O)COC(=O)c1ccccc1O. The van der Waals surface area contributed by atoms with Gasteiger partial charge in [-0.3, -0.25) is 4.79 Å². The molecule has 0 fully saturated rings. The fourth-order valence-electron chi connectivity index (χ4n) is 2.99. The third kappa shape index (κ3) is 3.11. The molecule has 1 heterocycles. The molecule has 124 valence electrons. The first-order valence-corrected chi connectivity index (χ1v) is 7.93. The lowest BCUT2D eigenvalue weighted by atomic mass is 9.96.